The van der Waals surface area contributed by atoms with Crippen LogP contribution in [0.4, 0.5) is 10.1 Å². The summed E-state index contributed by atoms with van der Waals surface area (Å²) in [6.45, 7) is -0.614. The summed E-state index contributed by atoms with van der Waals surface area (Å²) in [7, 11) is -3.52. The van der Waals surface area contributed by atoms with E-state index in [2.05, 4.69) is 10.3 Å². The number of benzene rings is 4. The monoisotopic (exact) mass is 664 g/mol. The summed E-state index contributed by atoms with van der Waals surface area (Å²) in [5.41, 5.74) is 2.58. The minimum Gasteiger partial charge on any atom is -0.480 e. The molecule has 5 rings (SSSR count). The number of nitrogens with one attached hydrogen (secondary N) is 1. The SMILES string of the molecule is O=C(O)COc1ccc(CCCS(=O)(=O)c2ccc(Cl)cc2)cc1NC(=O)c1cccc(/C=C/c2nc3cccc(F)c3s2)c1. The summed E-state index contributed by atoms with van der Waals surface area (Å²) in [5.74, 6) is -1.92. The lowest BCUT2D eigenvalue weighted by molar-refractivity contribution is -0.139. The zero-order chi connectivity index (χ0) is 32.0. The average Bonchev–Trinajstić information content (AvgIpc) is 3.44. The number of hydrogen-bond donors (Lipinski definition) is 2. The predicted molar refractivity (Wildman–Crippen MR) is 174 cm³/mol. The van der Waals surface area contributed by atoms with Gasteiger partial charge in [0.25, 0.3) is 5.91 Å². The lowest BCUT2D eigenvalue weighted by atomic mass is 10.1. The van der Waals surface area contributed by atoms with Gasteiger partial charge in [-0.25, -0.2) is 22.6 Å². The summed E-state index contributed by atoms with van der Waals surface area (Å²) in [6.07, 6.45) is 4.20. The largest absolute Gasteiger partial charge is 0.480 e. The van der Waals surface area contributed by atoms with E-state index in [9.17, 15) is 22.4 Å². The van der Waals surface area contributed by atoms with Gasteiger partial charge in [0.2, 0.25) is 0 Å². The Morgan fingerprint density at radius 3 is 2.53 bits per heavy atom. The highest BCUT2D eigenvalue weighted by Gasteiger charge is 2.16. The maximum atomic E-state index is 14.0. The summed E-state index contributed by atoms with van der Waals surface area (Å²) >= 11 is 7.09. The Bertz CT molecular complexity index is 2010. The molecule has 0 aliphatic rings. The first kappa shape index (κ1) is 31.8. The molecule has 230 valence electrons. The predicted octanol–water partition coefficient (Wildman–Crippen LogP) is 7.38. The molecule has 12 heteroatoms. The van der Waals surface area contributed by atoms with Crippen LogP contribution in [0.15, 0.2) is 89.8 Å². The van der Waals surface area contributed by atoms with Crippen LogP contribution in [0.25, 0.3) is 22.4 Å². The van der Waals surface area contributed by atoms with E-state index in [0.29, 0.717) is 44.2 Å². The standard InChI is InChI=1S/C33H26ClFN2O6S2/c34-24-11-13-25(14-12-24)45(41,42)17-3-5-22-9-15-29(43-20-31(38)39)28(19-22)37-33(40)23-6-1-4-21(18-23)10-16-30-36-27-8-2-7-26(35)32(27)44-30/h1-2,4,6-16,18-19H,3,5,17,20H2,(H,37,40)(H,38,39)/b16-10+. The number of anilines is 1. The molecule has 0 atom stereocenters. The van der Waals surface area contributed by atoms with E-state index in [-0.39, 0.29) is 27.9 Å². The van der Waals surface area contributed by atoms with Crippen LogP contribution in [0.1, 0.15) is 32.9 Å². The topological polar surface area (TPSA) is 123 Å². The molecule has 1 aromatic heterocycles. The Balaban J connectivity index is 1.30. The zero-order valence-corrected chi connectivity index (χ0v) is 26.0. The highest BCUT2D eigenvalue weighted by Crippen LogP contribution is 2.29. The molecule has 0 unspecified atom stereocenters. The molecular weight excluding hydrogens is 639 g/mol. The number of ether oxygens (including phenoxy) is 1. The number of amides is 1. The van der Waals surface area contributed by atoms with Crippen molar-refractivity contribution in [3.8, 4) is 5.75 Å². The van der Waals surface area contributed by atoms with Crippen molar-refractivity contribution < 1.29 is 32.2 Å². The Kier molecular flexibility index (Phi) is 9.92. The molecule has 8 nitrogen and oxygen atoms in total. The molecule has 0 spiro atoms. The normalized spacial score (nSPS) is 11.6. The second-order valence-electron chi connectivity index (χ2n) is 9.94. The Labute approximate surface area is 267 Å². The van der Waals surface area contributed by atoms with Crippen LogP contribution in [0, 0.1) is 5.82 Å². The molecule has 0 radical (unpaired) electrons. The summed E-state index contributed by atoms with van der Waals surface area (Å²) in [6, 6.07) is 22.4. The summed E-state index contributed by atoms with van der Waals surface area (Å²) in [4.78, 5) is 29.0. The fourth-order valence-corrected chi connectivity index (χ4v) is 6.78. The quantitative estimate of drug-likeness (QED) is 0.143. The Hall–Kier alpha value is -4.58. The van der Waals surface area contributed by atoms with E-state index in [0.717, 1.165) is 5.56 Å². The number of carbonyl (C=O) groups excluding carboxylic acids is 1. The van der Waals surface area contributed by atoms with Gasteiger partial charge in [-0.3, -0.25) is 4.79 Å². The van der Waals surface area contributed by atoms with E-state index in [1.54, 1.807) is 66.7 Å². The van der Waals surface area contributed by atoms with Crippen molar-refractivity contribution in [3.63, 3.8) is 0 Å². The van der Waals surface area contributed by atoms with E-state index >= 15 is 0 Å². The Morgan fingerprint density at radius 2 is 1.78 bits per heavy atom. The zero-order valence-electron chi connectivity index (χ0n) is 23.6. The van der Waals surface area contributed by atoms with Gasteiger partial charge in [-0.2, -0.15) is 0 Å². The highest BCUT2D eigenvalue weighted by atomic mass is 35.5. The molecule has 1 heterocycles. The van der Waals surface area contributed by atoms with Gasteiger partial charge >= 0.3 is 5.97 Å². The van der Waals surface area contributed by atoms with Gasteiger partial charge in [0.1, 0.15) is 16.6 Å². The number of aryl methyl sites for hydroxylation is 1. The number of hydrogen-bond acceptors (Lipinski definition) is 7. The van der Waals surface area contributed by atoms with Crippen molar-refractivity contribution in [1.82, 2.24) is 4.98 Å². The maximum Gasteiger partial charge on any atom is 0.341 e. The second kappa shape index (κ2) is 14.0. The van der Waals surface area contributed by atoms with E-state index in [1.165, 1.54) is 41.7 Å². The van der Waals surface area contributed by atoms with Gasteiger partial charge in [0, 0.05) is 10.6 Å². The number of carboxylic acid groups (broad SMARTS) is 1. The number of aromatic nitrogens is 1. The van der Waals surface area contributed by atoms with E-state index in [1.807, 2.05) is 0 Å². The van der Waals surface area contributed by atoms with Crippen molar-refractivity contribution in [1.29, 1.82) is 0 Å². The number of fused-ring (bicyclic) bond motifs is 1. The number of halogens is 2. The van der Waals surface area contributed by atoms with Gasteiger partial charge in [0.05, 0.1) is 26.6 Å². The lowest BCUT2D eigenvalue weighted by Gasteiger charge is -2.14. The lowest BCUT2D eigenvalue weighted by Crippen LogP contribution is -2.15. The van der Waals surface area contributed by atoms with Crippen LogP contribution in [0.2, 0.25) is 5.02 Å². The third kappa shape index (κ3) is 8.33. The van der Waals surface area contributed by atoms with Crippen LogP contribution >= 0.6 is 22.9 Å². The molecule has 2 N–H and O–H groups in total. The molecule has 0 aliphatic heterocycles. The van der Waals surface area contributed by atoms with Crippen molar-refractivity contribution in [3.05, 3.63) is 117 Å². The molecule has 0 saturated heterocycles. The summed E-state index contributed by atoms with van der Waals surface area (Å²) in [5, 5.41) is 12.9. The van der Waals surface area contributed by atoms with Crippen molar-refractivity contribution in [2.75, 3.05) is 17.7 Å². The first-order valence-corrected chi connectivity index (χ1v) is 16.5. The van der Waals surface area contributed by atoms with Gasteiger partial charge < -0.3 is 15.2 Å². The van der Waals surface area contributed by atoms with Crippen molar-refractivity contribution >= 4 is 72.7 Å². The van der Waals surface area contributed by atoms with Crippen molar-refractivity contribution in [2.45, 2.75) is 17.7 Å². The number of carboxylic acids is 1. The third-order valence-corrected chi connectivity index (χ3v) is 9.76. The van der Waals surface area contributed by atoms with E-state index in [4.69, 9.17) is 21.4 Å². The van der Waals surface area contributed by atoms with E-state index < -0.39 is 28.3 Å². The van der Waals surface area contributed by atoms with Crippen LogP contribution in [-0.4, -0.2) is 42.7 Å². The number of thiazole rings is 1. The van der Waals surface area contributed by atoms with Crippen molar-refractivity contribution in [2.24, 2.45) is 0 Å². The van der Waals surface area contributed by atoms with Crippen LogP contribution in [-0.2, 0) is 21.1 Å². The number of rotatable bonds is 12. The second-order valence-corrected chi connectivity index (χ2v) is 13.5. The minimum atomic E-state index is -3.52. The smallest absolute Gasteiger partial charge is 0.341 e. The molecule has 1 amide bonds. The van der Waals surface area contributed by atoms with Gasteiger partial charge in [-0.15, -0.1) is 11.3 Å². The molecule has 4 aromatic carbocycles. The summed E-state index contributed by atoms with van der Waals surface area (Å²) < 4.78 is 45.3. The molecule has 0 bridgehead atoms. The Morgan fingerprint density at radius 1 is 1.00 bits per heavy atom. The molecule has 0 saturated carbocycles. The first-order valence-electron chi connectivity index (χ1n) is 13.7. The number of aliphatic carboxylic acids is 1. The first-order chi connectivity index (χ1) is 21.6. The highest BCUT2D eigenvalue weighted by molar-refractivity contribution is 7.91. The van der Waals surface area contributed by atoms with Gasteiger partial charge in [-0.1, -0.05) is 41.9 Å². The molecule has 5 aromatic rings. The molecular formula is C33H26ClFN2O6S2. The maximum absolute atomic E-state index is 14.0. The van der Waals surface area contributed by atoms with Gasteiger partial charge in [-0.05, 0) is 90.7 Å². The average molecular weight is 665 g/mol. The molecule has 0 aliphatic carbocycles. The van der Waals surface area contributed by atoms with Crippen LogP contribution in [0.3, 0.4) is 0 Å². The minimum absolute atomic E-state index is 0.0974. The number of carbonyl (C=O) groups is 2. The fraction of sp³-hybridized carbons (Fsp3) is 0.121. The van der Waals surface area contributed by atoms with Crippen LogP contribution in [0.5, 0.6) is 5.75 Å². The van der Waals surface area contributed by atoms with Gasteiger partial charge in [0.15, 0.2) is 16.4 Å². The fourth-order valence-electron chi connectivity index (χ4n) is 4.47. The number of sulfone groups is 1. The molecule has 0 fully saturated rings. The molecule has 45 heavy (non-hydrogen) atoms. The number of nitrogens with zero attached hydrogens (tertiary/aromatic N) is 1. The third-order valence-electron chi connectivity index (χ3n) is 6.65. The van der Waals surface area contributed by atoms with Crippen LogP contribution < -0.4 is 10.1 Å².